The number of Topliss-reactive ketones (excluding diaryl/α,β-unsaturated/α-hetero) is 2. The predicted octanol–water partition coefficient (Wildman–Crippen LogP) is 15.5. The van der Waals surface area contributed by atoms with Crippen molar-refractivity contribution in [3.63, 3.8) is 0 Å². The summed E-state index contributed by atoms with van der Waals surface area (Å²) in [6, 6.07) is 32.1. The number of nitrogens with zero attached hydrogens (tertiary/aromatic N) is 6. The Hall–Kier alpha value is -5.42. The molecule has 7 heterocycles. The zero-order chi connectivity index (χ0) is 46.9. The van der Waals surface area contributed by atoms with Crippen molar-refractivity contribution >= 4 is 38.5 Å². The van der Waals surface area contributed by atoms with Gasteiger partial charge in [0, 0.05) is 84.3 Å². The maximum atomic E-state index is 12.6. The third-order valence-corrected chi connectivity index (χ3v) is 8.51. The van der Waals surface area contributed by atoms with Crippen LogP contribution in [0.25, 0.3) is 22.8 Å². The van der Waals surface area contributed by atoms with Gasteiger partial charge in [0.15, 0.2) is 11.6 Å². The Kier molecular flexibility index (Phi) is 18.4. The fourth-order valence-electron chi connectivity index (χ4n) is 4.88. The van der Waals surface area contributed by atoms with Crippen molar-refractivity contribution < 1.29 is 79.4 Å². The summed E-state index contributed by atoms with van der Waals surface area (Å²) in [7, 11) is -21.3. The van der Waals surface area contributed by atoms with Crippen molar-refractivity contribution in [2.24, 2.45) is 0 Å². The van der Waals surface area contributed by atoms with Crippen molar-refractivity contribution in [1.29, 1.82) is 0 Å². The molecule has 0 N–H and O–H groups in total. The number of rotatable bonds is 9. The number of carbonyl (C=O) groups is 2. The average Bonchev–Trinajstić information content (AvgIpc) is 3.66. The summed E-state index contributed by atoms with van der Waals surface area (Å²) >= 11 is 1.60. The van der Waals surface area contributed by atoms with E-state index in [0.29, 0.717) is 24.0 Å². The number of hydrogen-bond donors (Lipinski definition) is 0. The molecule has 0 fully saturated rings. The van der Waals surface area contributed by atoms with Crippen LogP contribution in [-0.2, 0) is 19.5 Å². The molecule has 0 bridgehead atoms. The molecule has 0 aromatic carbocycles. The molecule has 0 aliphatic rings. The maximum absolute atomic E-state index is 12.6. The number of hydrogen-bond acceptors (Lipinski definition) is 9. The molecule has 0 spiro atoms. The minimum absolute atomic E-state index is 0. The molecule has 0 atom stereocenters. The van der Waals surface area contributed by atoms with Crippen LogP contribution in [0.15, 0.2) is 158 Å². The second kappa shape index (κ2) is 21.5. The Labute approximate surface area is 374 Å². The molecule has 0 aliphatic heterocycles. The van der Waals surface area contributed by atoms with Crippen LogP contribution >= 0.6 is 27.0 Å². The maximum Gasteiger partial charge on any atom is 2.00 e. The van der Waals surface area contributed by atoms with Crippen LogP contribution < -0.4 is 0 Å². The average molecular weight is 1050 g/mol. The third kappa shape index (κ3) is 26.9. The van der Waals surface area contributed by atoms with Gasteiger partial charge in [0.05, 0.1) is 22.8 Å². The molecular formula is C40H34F12N6O2P2RuS. The molecule has 344 valence electrons. The van der Waals surface area contributed by atoms with Crippen LogP contribution in [0.5, 0.6) is 0 Å². The van der Waals surface area contributed by atoms with E-state index in [-0.39, 0.29) is 37.0 Å². The fourth-order valence-corrected chi connectivity index (χ4v) is 5.91. The molecule has 0 saturated carbocycles. The van der Waals surface area contributed by atoms with Gasteiger partial charge in [0.25, 0.3) is 0 Å². The summed E-state index contributed by atoms with van der Waals surface area (Å²) in [6.07, 6.45) is 14.1. The normalized spacial score (nSPS) is 12.9. The van der Waals surface area contributed by atoms with Crippen LogP contribution in [0, 0.1) is 6.92 Å². The van der Waals surface area contributed by atoms with Crippen molar-refractivity contribution in [2.45, 2.75) is 25.7 Å². The largest absolute Gasteiger partial charge is 2.00 e. The van der Waals surface area contributed by atoms with Gasteiger partial charge in [-0.2, -0.15) is 0 Å². The van der Waals surface area contributed by atoms with Crippen LogP contribution in [0.1, 0.15) is 49.9 Å². The summed E-state index contributed by atoms with van der Waals surface area (Å²) in [4.78, 5) is 51.0. The van der Waals surface area contributed by atoms with E-state index >= 15 is 0 Å². The van der Waals surface area contributed by atoms with E-state index in [4.69, 9.17) is 0 Å². The third-order valence-electron chi connectivity index (χ3n) is 7.33. The molecule has 7 aromatic rings. The van der Waals surface area contributed by atoms with Gasteiger partial charge in [-0.25, -0.2) is 0 Å². The molecule has 7 rings (SSSR count). The molecule has 8 nitrogen and oxygen atoms in total. The first kappa shape index (κ1) is 54.7. The molecule has 0 saturated heterocycles. The molecule has 0 amide bonds. The van der Waals surface area contributed by atoms with E-state index < -0.39 is 15.6 Å². The van der Waals surface area contributed by atoms with Gasteiger partial charge in [-0.3, -0.25) is 39.5 Å². The molecule has 64 heavy (non-hydrogen) atoms. The van der Waals surface area contributed by atoms with Crippen molar-refractivity contribution in [3.8, 4) is 22.8 Å². The Morgan fingerprint density at radius 1 is 0.469 bits per heavy atom. The van der Waals surface area contributed by atoms with E-state index in [9.17, 15) is 60.0 Å². The predicted molar refractivity (Wildman–Crippen MR) is 220 cm³/mol. The number of ketones is 2. The first-order valence-electron chi connectivity index (χ1n) is 17.7. The smallest absolute Gasteiger partial charge is 0.255 e. The molecule has 0 radical (unpaired) electrons. The quantitative estimate of drug-likeness (QED) is 0.0608. The number of pyridine rings is 6. The summed E-state index contributed by atoms with van der Waals surface area (Å²) in [5.74, 6) is -0.0632. The Bertz CT molecular complexity index is 2240. The number of aryl methyl sites for hydroxylation is 1. The van der Waals surface area contributed by atoms with E-state index in [1.807, 2.05) is 91.2 Å². The fraction of sp³-hybridized carbons (Fsp3) is 0.100. The van der Waals surface area contributed by atoms with Gasteiger partial charge < -0.3 is 0 Å². The molecule has 7 aromatic heterocycles. The van der Waals surface area contributed by atoms with Crippen LogP contribution in [0.4, 0.5) is 50.4 Å². The van der Waals surface area contributed by atoms with Gasteiger partial charge in [0.2, 0.25) is 0 Å². The minimum Gasteiger partial charge on any atom is -0.255 e. The molecule has 0 unspecified atom stereocenters. The van der Waals surface area contributed by atoms with Gasteiger partial charge in [-0.1, -0.05) is 24.3 Å². The summed E-state index contributed by atoms with van der Waals surface area (Å²) < 4.78 is 118. The van der Waals surface area contributed by atoms with E-state index in [1.165, 1.54) is 0 Å². The van der Waals surface area contributed by atoms with Crippen molar-refractivity contribution in [3.05, 3.63) is 180 Å². The molecular weight excluding hydrogens is 1020 g/mol. The molecule has 24 heteroatoms. The topological polar surface area (TPSA) is 111 Å². The monoisotopic (exact) mass is 1050 g/mol. The summed E-state index contributed by atoms with van der Waals surface area (Å²) in [5.41, 5.74) is 6.04. The zero-order valence-electron chi connectivity index (χ0n) is 32.7. The Balaban J connectivity index is 0.000000304. The SMILES string of the molecule is Cc1ccsc1C(CC(=O)c1ccncc1)CC(=O)c1ccncc1.F[P-](F)(F)(F)(F)F.F[P-](F)(F)(F)(F)F.[Ru+2].c1ccc(-c2ccccn2)nc1.c1ccc(-c2ccccn2)nc1. The first-order chi connectivity index (χ1) is 29.0. The minimum atomic E-state index is -10.7. The first-order valence-corrected chi connectivity index (χ1v) is 22.6. The number of aromatic nitrogens is 6. The van der Waals surface area contributed by atoms with Gasteiger partial charge in [-0.05, 0) is 96.7 Å². The van der Waals surface area contributed by atoms with Crippen LogP contribution in [-0.4, -0.2) is 41.5 Å². The second-order valence-corrected chi connectivity index (χ2v) is 17.4. The summed E-state index contributed by atoms with van der Waals surface area (Å²) in [5, 5.41) is 2.01. The molecule has 0 aliphatic carbocycles. The van der Waals surface area contributed by atoms with E-state index in [0.717, 1.165) is 33.2 Å². The number of thiophene rings is 1. The number of halogens is 12. The van der Waals surface area contributed by atoms with Gasteiger partial charge in [-0.15, -0.1) is 11.3 Å². The van der Waals surface area contributed by atoms with Gasteiger partial charge >= 0.3 is 85.5 Å². The van der Waals surface area contributed by atoms with Crippen LogP contribution in [0.2, 0.25) is 0 Å². The van der Waals surface area contributed by atoms with Crippen molar-refractivity contribution in [1.82, 2.24) is 29.9 Å². The standard InChI is InChI=1S/C20H18N2O2S.2C10H8N2.2F6P.Ru/c1-14-6-11-25-20(14)17(12-18(23)15-2-7-21-8-3-15)13-19(24)16-4-9-22-10-5-16;2*1-3-7-11-9(5-1)10-6-2-4-8-12-10;2*1-7(2,3,4,5)6;/h2-11,17H,12-13H2,1H3;2*1-8H;;;/q;;;2*-1;+2. The Morgan fingerprint density at radius 2 is 0.750 bits per heavy atom. The van der Waals surface area contributed by atoms with Crippen LogP contribution in [0.3, 0.4) is 0 Å². The summed E-state index contributed by atoms with van der Waals surface area (Å²) in [6.45, 7) is 2.02. The second-order valence-electron chi connectivity index (χ2n) is 12.7. The number of carbonyl (C=O) groups excluding carboxylic acids is 2. The Morgan fingerprint density at radius 3 is 0.969 bits per heavy atom. The zero-order valence-corrected chi connectivity index (χ0v) is 37.0. The van der Waals surface area contributed by atoms with E-state index in [1.54, 1.807) is 85.2 Å². The van der Waals surface area contributed by atoms with E-state index in [2.05, 4.69) is 29.9 Å². The van der Waals surface area contributed by atoms with Gasteiger partial charge in [0.1, 0.15) is 0 Å². The van der Waals surface area contributed by atoms with Crippen molar-refractivity contribution in [2.75, 3.05) is 0 Å².